The van der Waals surface area contributed by atoms with E-state index in [9.17, 15) is 0 Å². The van der Waals surface area contributed by atoms with Crippen LogP contribution in [0.1, 0.15) is 52.0 Å². The fraction of sp³-hybridized carbons (Fsp3) is 0.600. The summed E-state index contributed by atoms with van der Waals surface area (Å²) < 4.78 is 5.81. The number of hydrogen-bond acceptors (Lipinski definition) is 2. The Balaban J connectivity index is 2.28. The van der Waals surface area contributed by atoms with Gasteiger partial charge in [-0.1, -0.05) is 70.0 Å². The van der Waals surface area contributed by atoms with Crippen LogP contribution in [0.2, 0.25) is 0 Å². The lowest BCUT2D eigenvalue weighted by Gasteiger charge is -2.20. The summed E-state index contributed by atoms with van der Waals surface area (Å²) in [7, 11) is 0. The molecule has 0 saturated carbocycles. The molecule has 0 radical (unpaired) electrons. The summed E-state index contributed by atoms with van der Waals surface area (Å²) >= 11 is 0. The number of ether oxygens (including phenoxy) is 1. The van der Waals surface area contributed by atoms with Gasteiger partial charge in [0, 0.05) is 13.1 Å². The topological polar surface area (TPSA) is 12.5 Å². The molecule has 0 heterocycles. The Morgan fingerprint density at radius 1 is 1.05 bits per heavy atom. The molecule has 0 amide bonds. The van der Waals surface area contributed by atoms with E-state index < -0.39 is 0 Å². The SMILES string of the molecule is CCCCN(C=C[C@@H](C)COCc1ccccc1)CCCC. The first-order valence-electron chi connectivity index (χ1n) is 8.80. The fourth-order valence-electron chi connectivity index (χ4n) is 2.24. The van der Waals surface area contributed by atoms with Gasteiger partial charge < -0.3 is 9.64 Å². The molecule has 1 rings (SSSR count). The summed E-state index contributed by atoms with van der Waals surface area (Å²) in [6.07, 6.45) is 9.62. The first kappa shape index (κ1) is 18.8. The predicted molar refractivity (Wildman–Crippen MR) is 95.8 cm³/mol. The molecule has 1 aromatic carbocycles. The van der Waals surface area contributed by atoms with Gasteiger partial charge in [0.2, 0.25) is 0 Å². The molecule has 0 bridgehead atoms. The van der Waals surface area contributed by atoms with Crippen molar-refractivity contribution in [2.45, 2.75) is 53.1 Å². The van der Waals surface area contributed by atoms with Crippen LogP contribution >= 0.6 is 0 Å². The fourth-order valence-corrected chi connectivity index (χ4v) is 2.24. The van der Waals surface area contributed by atoms with E-state index in [0.29, 0.717) is 12.5 Å². The molecule has 0 saturated heterocycles. The van der Waals surface area contributed by atoms with Crippen LogP contribution in [-0.2, 0) is 11.3 Å². The molecule has 0 aromatic heterocycles. The van der Waals surface area contributed by atoms with E-state index in [-0.39, 0.29) is 0 Å². The molecule has 0 fully saturated rings. The first-order valence-corrected chi connectivity index (χ1v) is 8.80. The van der Waals surface area contributed by atoms with E-state index in [1.165, 1.54) is 44.3 Å². The molecule has 0 N–H and O–H groups in total. The lowest BCUT2D eigenvalue weighted by molar-refractivity contribution is 0.103. The van der Waals surface area contributed by atoms with Crippen molar-refractivity contribution < 1.29 is 4.74 Å². The third kappa shape index (κ3) is 8.89. The lowest BCUT2D eigenvalue weighted by Crippen LogP contribution is -2.20. The van der Waals surface area contributed by atoms with Gasteiger partial charge in [0.25, 0.3) is 0 Å². The van der Waals surface area contributed by atoms with Gasteiger partial charge >= 0.3 is 0 Å². The second-order valence-electron chi connectivity index (χ2n) is 6.06. The predicted octanol–water partition coefficient (Wildman–Crippen LogP) is 5.26. The minimum atomic E-state index is 0.453. The van der Waals surface area contributed by atoms with Crippen LogP contribution < -0.4 is 0 Å². The summed E-state index contributed by atoms with van der Waals surface area (Å²) in [6, 6.07) is 10.4. The number of rotatable bonds is 12. The Kier molecular flexibility index (Phi) is 10.5. The summed E-state index contributed by atoms with van der Waals surface area (Å²) in [5, 5.41) is 0. The first-order chi connectivity index (χ1) is 10.8. The zero-order valence-electron chi connectivity index (χ0n) is 14.6. The van der Waals surface area contributed by atoms with Crippen molar-refractivity contribution in [1.82, 2.24) is 4.90 Å². The molecule has 1 aromatic rings. The number of benzene rings is 1. The number of nitrogens with zero attached hydrogens (tertiary/aromatic N) is 1. The molecule has 124 valence electrons. The summed E-state index contributed by atoms with van der Waals surface area (Å²) in [4.78, 5) is 2.46. The van der Waals surface area contributed by atoms with Gasteiger partial charge in [-0.05, 0) is 30.5 Å². The monoisotopic (exact) mass is 303 g/mol. The van der Waals surface area contributed by atoms with Crippen LogP contribution in [0.5, 0.6) is 0 Å². The van der Waals surface area contributed by atoms with Gasteiger partial charge in [-0.3, -0.25) is 0 Å². The van der Waals surface area contributed by atoms with Gasteiger partial charge in [-0.15, -0.1) is 0 Å². The summed E-state index contributed by atoms with van der Waals surface area (Å²) in [6.45, 7) is 10.5. The molecule has 1 atom stereocenters. The van der Waals surface area contributed by atoms with E-state index >= 15 is 0 Å². The second kappa shape index (κ2) is 12.3. The van der Waals surface area contributed by atoms with Crippen molar-refractivity contribution in [3.8, 4) is 0 Å². The van der Waals surface area contributed by atoms with Crippen LogP contribution in [0.4, 0.5) is 0 Å². The van der Waals surface area contributed by atoms with Gasteiger partial charge in [-0.2, -0.15) is 0 Å². The standard InChI is InChI=1S/C20H33NO/c1-4-6-14-21(15-7-5-2)16-13-19(3)17-22-18-20-11-9-8-10-12-20/h8-13,16,19H,4-7,14-15,17-18H2,1-3H3/t19-/m1/s1. The maximum atomic E-state index is 5.81. The highest BCUT2D eigenvalue weighted by Crippen LogP contribution is 2.06. The second-order valence-corrected chi connectivity index (χ2v) is 6.06. The average Bonchev–Trinajstić information content (AvgIpc) is 2.55. The van der Waals surface area contributed by atoms with Crippen molar-refractivity contribution >= 4 is 0 Å². The molecular weight excluding hydrogens is 270 g/mol. The van der Waals surface area contributed by atoms with Gasteiger partial charge in [0.1, 0.15) is 0 Å². The van der Waals surface area contributed by atoms with E-state index in [0.717, 1.165) is 6.61 Å². The minimum Gasteiger partial charge on any atom is -0.378 e. The van der Waals surface area contributed by atoms with Crippen molar-refractivity contribution in [3.63, 3.8) is 0 Å². The molecule has 22 heavy (non-hydrogen) atoms. The van der Waals surface area contributed by atoms with Crippen molar-refractivity contribution in [3.05, 3.63) is 48.2 Å². The van der Waals surface area contributed by atoms with E-state index in [4.69, 9.17) is 4.74 Å². The molecule has 0 aliphatic carbocycles. The van der Waals surface area contributed by atoms with Crippen molar-refractivity contribution in [2.24, 2.45) is 5.92 Å². The minimum absolute atomic E-state index is 0.453. The highest BCUT2D eigenvalue weighted by Gasteiger charge is 2.01. The molecule has 0 aliphatic heterocycles. The maximum absolute atomic E-state index is 5.81. The van der Waals surface area contributed by atoms with Crippen molar-refractivity contribution in [2.75, 3.05) is 19.7 Å². The van der Waals surface area contributed by atoms with Gasteiger partial charge in [0.05, 0.1) is 13.2 Å². The summed E-state index contributed by atoms with van der Waals surface area (Å²) in [5.41, 5.74) is 1.24. The average molecular weight is 303 g/mol. The largest absolute Gasteiger partial charge is 0.378 e. The van der Waals surface area contributed by atoms with Gasteiger partial charge in [0.15, 0.2) is 0 Å². The quantitative estimate of drug-likeness (QED) is 0.522. The number of hydrogen-bond donors (Lipinski definition) is 0. The normalized spacial score (nSPS) is 12.7. The Morgan fingerprint density at radius 2 is 1.68 bits per heavy atom. The third-order valence-corrected chi connectivity index (χ3v) is 3.72. The summed E-state index contributed by atoms with van der Waals surface area (Å²) in [5.74, 6) is 0.453. The highest BCUT2D eigenvalue weighted by molar-refractivity contribution is 5.13. The van der Waals surface area contributed by atoms with Crippen LogP contribution in [0.3, 0.4) is 0 Å². The van der Waals surface area contributed by atoms with E-state index in [1.54, 1.807) is 0 Å². The Bertz CT molecular complexity index is 380. The van der Waals surface area contributed by atoms with Crippen LogP contribution in [0, 0.1) is 5.92 Å². The molecule has 2 heteroatoms. The van der Waals surface area contributed by atoms with Crippen LogP contribution in [0.15, 0.2) is 42.6 Å². The lowest BCUT2D eigenvalue weighted by atomic mass is 10.2. The Morgan fingerprint density at radius 3 is 2.27 bits per heavy atom. The van der Waals surface area contributed by atoms with Crippen molar-refractivity contribution in [1.29, 1.82) is 0 Å². The molecular formula is C20H33NO. The van der Waals surface area contributed by atoms with Crippen LogP contribution in [0.25, 0.3) is 0 Å². The zero-order chi connectivity index (χ0) is 16.0. The van der Waals surface area contributed by atoms with Gasteiger partial charge in [-0.25, -0.2) is 0 Å². The Hall–Kier alpha value is -1.28. The molecule has 0 spiro atoms. The van der Waals surface area contributed by atoms with E-state index in [2.05, 4.69) is 62.2 Å². The zero-order valence-corrected chi connectivity index (χ0v) is 14.6. The molecule has 0 aliphatic rings. The van der Waals surface area contributed by atoms with E-state index in [1.807, 2.05) is 6.07 Å². The number of unbranched alkanes of at least 4 members (excludes halogenated alkanes) is 2. The maximum Gasteiger partial charge on any atom is 0.0717 e. The molecule has 2 nitrogen and oxygen atoms in total. The van der Waals surface area contributed by atoms with Crippen LogP contribution in [-0.4, -0.2) is 24.6 Å². The Labute approximate surface area is 137 Å². The molecule has 0 unspecified atom stereocenters. The smallest absolute Gasteiger partial charge is 0.0717 e. The third-order valence-electron chi connectivity index (χ3n) is 3.72. The highest BCUT2D eigenvalue weighted by atomic mass is 16.5.